The highest BCUT2D eigenvalue weighted by atomic mass is 35.5. The number of hydrogen-bond acceptors (Lipinski definition) is 7. The van der Waals surface area contributed by atoms with Gasteiger partial charge < -0.3 is 19.3 Å². The molecule has 0 saturated carbocycles. The molecule has 1 atom stereocenters. The van der Waals surface area contributed by atoms with Gasteiger partial charge in [-0.1, -0.05) is 11.6 Å². The van der Waals surface area contributed by atoms with E-state index in [9.17, 15) is 9.90 Å². The summed E-state index contributed by atoms with van der Waals surface area (Å²) in [7, 11) is 0. The quantitative estimate of drug-likeness (QED) is 0.483. The minimum absolute atomic E-state index is 0.103. The van der Waals surface area contributed by atoms with Gasteiger partial charge in [0.25, 0.3) is 0 Å². The highest BCUT2D eigenvalue weighted by Crippen LogP contribution is 2.34. The molecular weight excluding hydrogens is 470 g/mol. The van der Waals surface area contributed by atoms with Gasteiger partial charge in [0.1, 0.15) is 29.8 Å². The molecule has 1 N–H and O–H groups in total. The molecule has 35 heavy (non-hydrogen) atoms. The third-order valence-electron chi connectivity index (χ3n) is 4.71. The molecule has 2 aromatic rings. The van der Waals surface area contributed by atoms with Crippen LogP contribution in [0.1, 0.15) is 65.2 Å². The zero-order valence-corrected chi connectivity index (χ0v) is 22.1. The van der Waals surface area contributed by atoms with Crippen LogP contribution in [-0.2, 0) is 22.6 Å². The van der Waals surface area contributed by atoms with Gasteiger partial charge in [0.2, 0.25) is 0 Å². The molecule has 2 rings (SSSR count). The van der Waals surface area contributed by atoms with E-state index in [1.807, 2.05) is 33.8 Å². The molecule has 0 radical (unpaired) electrons. The van der Waals surface area contributed by atoms with E-state index in [4.69, 9.17) is 31.1 Å². The maximum absolute atomic E-state index is 13.1. The second-order valence-corrected chi connectivity index (χ2v) is 10.7. The van der Waals surface area contributed by atoms with Crippen molar-refractivity contribution in [2.45, 2.75) is 78.9 Å². The minimum Gasteiger partial charge on any atom is -0.506 e. The lowest BCUT2D eigenvalue weighted by Gasteiger charge is -2.33. The summed E-state index contributed by atoms with van der Waals surface area (Å²) in [6.07, 6.45) is 2.54. The van der Waals surface area contributed by atoms with Crippen LogP contribution in [-0.4, -0.2) is 44.9 Å². The predicted octanol–water partition coefficient (Wildman–Crippen LogP) is 5.83. The topological polar surface area (TPSA) is 105 Å². The number of carbonyl (C=O) groups is 1. The number of ether oxygens (including phenoxy) is 3. The van der Waals surface area contributed by atoms with Gasteiger partial charge in [0.05, 0.1) is 35.4 Å². The van der Waals surface area contributed by atoms with Gasteiger partial charge in [0.15, 0.2) is 0 Å². The third-order valence-corrected chi connectivity index (χ3v) is 5.01. The second-order valence-electron chi connectivity index (χ2n) is 10.3. The van der Waals surface area contributed by atoms with Crippen LogP contribution in [0.4, 0.5) is 4.79 Å². The Labute approximate surface area is 212 Å². The first-order valence-electron chi connectivity index (χ1n) is 11.3. The molecule has 0 saturated heterocycles. The summed E-state index contributed by atoms with van der Waals surface area (Å²) in [4.78, 5) is 18.7. The van der Waals surface area contributed by atoms with Crippen molar-refractivity contribution < 1.29 is 24.1 Å². The summed E-state index contributed by atoms with van der Waals surface area (Å²) in [5.74, 6) is 0.189. The molecular formula is C26H34ClN3O5. The van der Waals surface area contributed by atoms with E-state index in [-0.39, 0.29) is 42.2 Å². The number of hydrogen-bond donors (Lipinski definition) is 1. The maximum atomic E-state index is 13.1. The summed E-state index contributed by atoms with van der Waals surface area (Å²) in [6.45, 7) is 13.6. The molecule has 1 aromatic carbocycles. The first-order chi connectivity index (χ1) is 16.2. The molecule has 0 fully saturated rings. The van der Waals surface area contributed by atoms with Crippen LogP contribution < -0.4 is 4.74 Å². The fraction of sp³-hybridized carbons (Fsp3) is 0.500. The molecule has 190 valence electrons. The second kappa shape index (κ2) is 11.6. The van der Waals surface area contributed by atoms with Crippen LogP contribution >= 0.6 is 11.6 Å². The monoisotopic (exact) mass is 503 g/mol. The summed E-state index contributed by atoms with van der Waals surface area (Å²) in [5, 5.41) is 19.4. The van der Waals surface area contributed by atoms with Crippen molar-refractivity contribution in [3.8, 4) is 17.6 Å². The number of halogens is 1. The van der Waals surface area contributed by atoms with Crippen molar-refractivity contribution in [3.63, 3.8) is 0 Å². The van der Waals surface area contributed by atoms with Crippen molar-refractivity contribution in [3.05, 3.63) is 52.3 Å². The number of carbonyl (C=O) groups excluding carboxylic acids is 1. The van der Waals surface area contributed by atoms with Gasteiger partial charge in [-0.3, -0.25) is 9.88 Å². The zero-order chi connectivity index (χ0) is 26.4. The Balaban J connectivity index is 2.34. The van der Waals surface area contributed by atoms with E-state index in [0.717, 1.165) is 0 Å². The smallest absolute Gasteiger partial charge is 0.410 e. The SMILES string of the molecule is CC(COC(C)(C)C)N(Cc1cc(Cl)c(O)cc1OCc1cncc(C#N)c1)C(=O)OC(C)(C)C. The van der Waals surface area contributed by atoms with E-state index < -0.39 is 11.7 Å². The van der Waals surface area contributed by atoms with E-state index in [0.29, 0.717) is 22.4 Å². The first kappa shape index (κ1) is 28.2. The summed E-state index contributed by atoms with van der Waals surface area (Å²) >= 11 is 6.20. The third kappa shape index (κ3) is 9.27. The molecule has 0 aliphatic heterocycles. The molecule has 1 aromatic heterocycles. The van der Waals surface area contributed by atoms with Gasteiger partial charge in [-0.15, -0.1) is 0 Å². The number of phenols is 1. The molecule has 1 amide bonds. The van der Waals surface area contributed by atoms with Gasteiger partial charge >= 0.3 is 6.09 Å². The summed E-state index contributed by atoms with van der Waals surface area (Å²) < 4.78 is 17.5. The van der Waals surface area contributed by atoms with Gasteiger partial charge in [0, 0.05) is 29.6 Å². The average Bonchev–Trinajstić information content (AvgIpc) is 2.75. The number of benzene rings is 1. The van der Waals surface area contributed by atoms with E-state index >= 15 is 0 Å². The highest BCUT2D eigenvalue weighted by molar-refractivity contribution is 6.32. The standard InChI is InChI=1S/C26H34ClN3O5/c1-17(15-34-25(2,3)4)30(24(32)35-26(5,6)7)14-20-9-21(27)22(31)10-23(20)33-16-19-8-18(11-28)12-29-13-19/h8-10,12-13,17,31H,14-16H2,1-7H3. The summed E-state index contributed by atoms with van der Waals surface area (Å²) in [5.41, 5.74) is 0.598. The van der Waals surface area contributed by atoms with Crippen molar-refractivity contribution in [1.29, 1.82) is 5.26 Å². The number of aromatic nitrogens is 1. The molecule has 0 spiro atoms. The molecule has 0 aliphatic carbocycles. The van der Waals surface area contributed by atoms with Gasteiger partial charge in [-0.2, -0.15) is 5.26 Å². The van der Waals surface area contributed by atoms with E-state index in [2.05, 4.69) is 4.98 Å². The molecule has 8 nitrogen and oxygen atoms in total. The van der Waals surface area contributed by atoms with Crippen LogP contribution in [0.5, 0.6) is 11.5 Å². The Morgan fingerprint density at radius 2 is 1.86 bits per heavy atom. The number of nitriles is 1. The van der Waals surface area contributed by atoms with Crippen LogP contribution in [0, 0.1) is 11.3 Å². The van der Waals surface area contributed by atoms with Gasteiger partial charge in [-0.25, -0.2) is 4.79 Å². The average molecular weight is 504 g/mol. The van der Waals surface area contributed by atoms with Crippen LogP contribution in [0.15, 0.2) is 30.6 Å². The lowest BCUT2D eigenvalue weighted by atomic mass is 10.1. The van der Waals surface area contributed by atoms with Crippen molar-refractivity contribution in [2.75, 3.05) is 6.61 Å². The zero-order valence-electron chi connectivity index (χ0n) is 21.4. The Morgan fingerprint density at radius 1 is 1.17 bits per heavy atom. The Morgan fingerprint density at radius 3 is 2.46 bits per heavy atom. The van der Waals surface area contributed by atoms with Crippen molar-refractivity contribution >= 4 is 17.7 Å². The number of phenolic OH excluding ortho intramolecular Hbond substituents is 1. The Hall–Kier alpha value is -3.02. The normalized spacial score (nSPS) is 12.5. The minimum atomic E-state index is -0.690. The largest absolute Gasteiger partial charge is 0.506 e. The molecule has 1 unspecified atom stereocenters. The van der Waals surface area contributed by atoms with E-state index in [1.165, 1.54) is 12.3 Å². The highest BCUT2D eigenvalue weighted by Gasteiger charge is 2.28. The number of aromatic hydroxyl groups is 1. The number of amides is 1. The van der Waals surface area contributed by atoms with Crippen molar-refractivity contribution in [1.82, 2.24) is 9.88 Å². The lowest BCUT2D eigenvalue weighted by Crippen LogP contribution is -2.44. The van der Waals surface area contributed by atoms with Crippen LogP contribution in [0.2, 0.25) is 5.02 Å². The maximum Gasteiger partial charge on any atom is 0.410 e. The molecule has 1 heterocycles. The fourth-order valence-corrected chi connectivity index (χ4v) is 3.18. The lowest BCUT2D eigenvalue weighted by molar-refractivity contribution is -0.0407. The molecule has 9 heteroatoms. The van der Waals surface area contributed by atoms with Gasteiger partial charge in [-0.05, 0) is 60.6 Å². The predicted molar refractivity (Wildman–Crippen MR) is 133 cm³/mol. The molecule has 0 aliphatic rings. The number of rotatable bonds is 8. The summed E-state index contributed by atoms with van der Waals surface area (Å²) in [6, 6.07) is 6.34. The van der Waals surface area contributed by atoms with Crippen molar-refractivity contribution in [2.24, 2.45) is 0 Å². The fourth-order valence-electron chi connectivity index (χ4n) is 3.00. The first-order valence-corrected chi connectivity index (χ1v) is 11.7. The number of pyridine rings is 1. The van der Waals surface area contributed by atoms with E-state index in [1.54, 1.807) is 44.0 Å². The van der Waals surface area contributed by atoms with Crippen LogP contribution in [0.25, 0.3) is 0 Å². The Kier molecular flexibility index (Phi) is 9.36. The Bertz CT molecular complexity index is 1070. The molecule has 0 bridgehead atoms. The van der Waals surface area contributed by atoms with Crippen LogP contribution in [0.3, 0.4) is 0 Å². The number of nitrogens with zero attached hydrogens (tertiary/aromatic N) is 3.